The van der Waals surface area contributed by atoms with Crippen LogP contribution in [-0.4, -0.2) is 33.4 Å². The van der Waals surface area contributed by atoms with Crippen molar-refractivity contribution in [3.8, 4) is 0 Å². The second-order valence-corrected chi connectivity index (χ2v) is 6.89. The standard InChI is InChI=1S/C18H19FN2O7/c1-18(2,3)16(25)28-9-27-14(10-4-6-11(7-5-10)15(23)24)21-8-12(19)13(22)20-17(21)26/h4-8,14H,9H2,1-3H3,(H,23,24)(H,20,22,26). The van der Waals surface area contributed by atoms with Gasteiger partial charge >= 0.3 is 17.6 Å². The Bertz CT molecular complexity index is 987. The Morgan fingerprint density at radius 1 is 1.21 bits per heavy atom. The van der Waals surface area contributed by atoms with Crippen molar-refractivity contribution in [1.82, 2.24) is 9.55 Å². The number of aromatic carboxylic acids is 1. The SMILES string of the molecule is CC(C)(C)C(=O)OCOC(c1ccc(C(=O)O)cc1)n1cc(F)c(=O)[nH]c1=O. The van der Waals surface area contributed by atoms with Crippen LogP contribution in [0.4, 0.5) is 4.39 Å². The third kappa shape index (κ3) is 4.92. The van der Waals surface area contributed by atoms with E-state index in [1.54, 1.807) is 25.8 Å². The highest BCUT2D eigenvalue weighted by Crippen LogP contribution is 2.21. The summed E-state index contributed by atoms with van der Waals surface area (Å²) in [7, 11) is 0. The van der Waals surface area contributed by atoms with Gasteiger partial charge < -0.3 is 14.6 Å². The van der Waals surface area contributed by atoms with Gasteiger partial charge in [-0.15, -0.1) is 0 Å². The number of halogens is 1. The van der Waals surface area contributed by atoms with E-state index in [4.69, 9.17) is 14.6 Å². The lowest BCUT2D eigenvalue weighted by Crippen LogP contribution is -2.35. The molecular formula is C18H19FN2O7. The molecule has 0 fully saturated rings. The smallest absolute Gasteiger partial charge is 0.335 e. The molecule has 0 bridgehead atoms. The number of benzene rings is 1. The molecule has 150 valence electrons. The Morgan fingerprint density at radius 2 is 1.82 bits per heavy atom. The number of nitrogens with one attached hydrogen (secondary N) is 1. The fourth-order valence-electron chi connectivity index (χ4n) is 2.13. The molecule has 0 spiro atoms. The lowest BCUT2D eigenvalue weighted by atomic mass is 9.98. The predicted octanol–water partition coefficient (Wildman–Crippen LogP) is 1.48. The molecule has 1 heterocycles. The van der Waals surface area contributed by atoms with E-state index in [1.165, 1.54) is 24.3 Å². The molecule has 1 unspecified atom stereocenters. The first-order valence-corrected chi connectivity index (χ1v) is 8.13. The summed E-state index contributed by atoms with van der Waals surface area (Å²) in [6, 6.07) is 5.24. The molecular weight excluding hydrogens is 375 g/mol. The number of H-pyrrole nitrogens is 1. The monoisotopic (exact) mass is 394 g/mol. The topological polar surface area (TPSA) is 128 Å². The molecule has 2 N–H and O–H groups in total. The molecule has 0 aliphatic heterocycles. The van der Waals surface area contributed by atoms with Gasteiger partial charge in [-0.1, -0.05) is 12.1 Å². The Hall–Kier alpha value is -3.27. The molecule has 28 heavy (non-hydrogen) atoms. The molecule has 0 aliphatic rings. The highest BCUT2D eigenvalue weighted by molar-refractivity contribution is 5.87. The van der Waals surface area contributed by atoms with E-state index in [0.29, 0.717) is 6.20 Å². The van der Waals surface area contributed by atoms with Gasteiger partial charge in [-0.05, 0) is 32.9 Å². The van der Waals surface area contributed by atoms with E-state index in [1.807, 2.05) is 0 Å². The van der Waals surface area contributed by atoms with Crippen molar-refractivity contribution in [2.75, 3.05) is 6.79 Å². The number of aromatic amines is 1. The summed E-state index contributed by atoms with van der Waals surface area (Å²) in [6.07, 6.45) is -0.628. The molecule has 0 saturated carbocycles. The van der Waals surface area contributed by atoms with Gasteiger partial charge in [0.15, 0.2) is 13.0 Å². The van der Waals surface area contributed by atoms with E-state index in [0.717, 1.165) is 4.57 Å². The minimum Gasteiger partial charge on any atom is -0.478 e. The average Bonchev–Trinajstić information content (AvgIpc) is 2.61. The second-order valence-electron chi connectivity index (χ2n) is 6.89. The molecule has 2 rings (SSSR count). The Kier molecular flexibility index (Phi) is 6.14. The summed E-state index contributed by atoms with van der Waals surface area (Å²) in [5.74, 6) is -2.94. The van der Waals surface area contributed by atoms with Crippen LogP contribution in [0, 0.1) is 11.2 Å². The van der Waals surface area contributed by atoms with Crippen molar-refractivity contribution in [3.63, 3.8) is 0 Å². The molecule has 0 aliphatic carbocycles. The van der Waals surface area contributed by atoms with Gasteiger partial charge in [-0.25, -0.2) is 9.59 Å². The fraction of sp³-hybridized carbons (Fsp3) is 0.333. The number of carbonyl (C=O) groups excluding carboxylic acids is 1. The zero-order chi connectivity index (χ0) is 21.1. The third-order valence-corrected chi connectivity index (χ3v) is 3.65. The van der Waals surface area contributed by atoms with Crippen molar-refractivity contribution in [1.29, 1.82) is 0 Å². The van der Waals surface area contributed by atoms with Gasteiger partial charge in [-0.2, -0.15) is 4.39 Å². The molecule has 2 aromatic rings. The summed E-state index contributed by atoms with van der Waals surface area (Å²) in [6.45, 7) is 4.35. The highest BCUT2D eigenvalue weighted by Gasteiger charge is 2.24. The maximum absolute atomic E-state index is 13.7. The van der Waals surface area contributed by atoms with Crippen LogP contribution in [0.3, 0.4) is 0 Å². The lowest BCUT2D eigenvalue weighted by Gasteiger charge is -2.22. The van der Waals surface area contributed by atoms with Crippen molar-refractivity contribution < 1.29 is 28.6 Å². The number of carboxylic acids is 1. The minimum atomic E-state index is -1.28. The summed E-state index contributed by atoms with van der Waals surface area (Å²) >= 11 is 0. The summed E-state index contributed by atoms with van der Waals surface area (Å²) in [5.41, 5.74) is -2.68. The molecule has 10 heteroatoms. The number of hydrogen-bond donors (Lipinski definition) is 2. The number of hydrogen-bond acceptors (Lipinski definition) is 6. The zero-order valence-corrected chi connectivity index (χ0v) is 15.4. The highest BCUT2D eigenvalue weighted by atomic mass is 19.1. The number of aromatic nitrogens is 2. The van der Waals surface area contributed by atoms with Crippen LogP contribution in [0.15, 0.2) is 40.1 Å². The fourth-order valence-corrected chi connectivity index (χ4v) is 2.13. The maximum Gasteiger partial charge on any atom is 0.335 e. The van der Waals surface area contributed by atoms with Crippen LogP contribution < -0.4 is 11.2 Å². The van der Waals surface area contributed by atoms with E-state index in [-0.39, 0.29) is 11.1 Å². The first kappa shape index (κ1) is 21.0. The van der Waals surface area contributed by atoms with Crippen molar-refractivity contribution in [3.05, 3.63) is 68.2 Å². The van der Waals surface area contributed by atoms with Crippen LogP contribution in [0.2, 0.25) is 0 Å². The third-order valence-electron chi connectivity index (χ3n) is 3.65. The second kappa shape index (κ2) is 8.17. The number of nitrogens with zero attached hydrogens (tertiary/aromatic N) is 1. The molecule has 0 amide bonds. The van der Waals surface area contributed by atoms with Gasteiger partial charge in [0, 0.05) is 5.56 Å². The van der Waals surface area contributed by atoms with Gasteiger partial charge in [0.1, 0.15) is 0 Å². The Balaban J connectivity index is 2.37. The number of esters is 1. The van der Waals surface area contributed by atoms with Crippen LogP contribution in [-0.2, 0) is 14.3 Å². The number of carboxylic acid groups (broad SMARTS) is 1. The summed E-state index contributed by atoms with van der Waals surface area (Å²) in [5, 5.41) is 8.99. The van der Waals surface area contributed by atoms with Crippen LogP contribution in [0.25, 0.3) is 0 Å². The molecule has 0 saturated heterocycles. The van der Waals surface area contributed by atoms with E-state index < -0.39 is 47.4 Å². The van der Waals surface area contributed by atoms with Crippen molar-refractivity contribution >= 4 is 11.9 Å². The predicted molar refractivity (Wildman–Crippen MR) is 94.3 cm³/mol. The van der Waals surface area contributed by atoms with Crippen LogP contribution in [0.5, 0.6) is 0 Å². The molecule has 1 aromatic carbocycles. The Labute approximate surface area is 158 Å². The maximum atomic E-state index is 13.7. The molecule has 1 atom stereocenters. The van der Waals surface area contributed by atoms with E-state index in [9.17, 15) is 23.6 Å². The summed E-state index contributed by atoms with van der Waals surface area (Å²) in [4.78, 5) is 48.0. The van der Waals surface area contributed by atoms with E-state index in [2.05, 4.69) is 0 Å². The largest absolute Gasteiger partial charge is 0.478 e. The van der Waals surface area contributed by atoms with Gasteiger partial charge in [-0.3, -0.25) is 19.1 Å². The number of ether oxygens (including phenoxy) is 2. The van der Waals surface area contributed by atoms with Gasteiger partial charge in [0.05, 0.1) is 17.2 Å². The van der Waals surface area contributed by atoms with Crippen molar-refractivity contribution in [2.24, 2.45) is 5.41 Å². The lowest BCUT2D eigenvalue weighted by molar-refractivity contribution is -0.172. The molecule has 0 radical (unpaired) electrons. The molecule has 9 nitrogen and oxygen atoms in total. The quantitative estimate of drug-likeness (QED) is 0.561. The van der Waals surface area contributed by atoms with Gasteiger partial charge in [0.2, 0.25) is 5.82 Å². The molecule has 1 aromatic heterocycles. The van der Waals surface area contributed by atoms with Crippen molar-refractivity contribution in [2.45, 2.75) is 27.0 Å². The normalized spacial score (nSPS) is 12.4. The zero-order valence-electron chi connectivity index (χ0n) is 15.4. The van der Waals surface area contributed by atoms with E-state index >= 15 is 0 Å². The summed E-state index contributed by atoms with van der Waals surface area (Å²) < 4.78 is 24.9. The number of rotatable bonds is 6. The van der Waals surface area contributed by atoms with Crippen LogP contribution >= 0.6 is 0 Å². The first-order valence-electron chi connectivity index (χ1n) is 8.13. The van der Waals surface area contributed by atoms with Crippen LogP contribution in [0.1, 0.15) is 42.9 Å². The minimum absolute atomic E-state index is 0.0124. The van der Waals surface area contributed by atoms with Gasteiger partial charge in [0.25, 0.3) is 5.56 Å². The first-order chi connectivity index (χ1) is 13.0. The Morgan fingerprint density at radius 3 is 2.36 bits per heavy atom. The number of carbonyl (C=O) groups is 2. The average molecular weight is 394 g/mol.